The third-order valence-corrected chi connectivity index (χ3v) is 1.75. The van der Waals surface area contributed by atoms with Gasteiger partial charge in [0.15, 0.2) is 0 Å². The zero-order valence-electron chi connectivity index (χ0n) is 7.76. The quantitative estimate of drug-likeness (QED) is 0.782. The first-order valence-corrected chi connectivity index (χ1v) is 3.95. The molecule has 0 aliphatic rings. The molecule has 0 spiro atoms. The van der Waals surface area contributed by atoms with Crippen molar-refractivity contribution in [2.75, 3.05) is 0 Å². The van der Waals surface area contributed by atoms with Crippen molar-refractivity contribution in [2.24, 2.45) is 5.92 Å². The maximum Gasteiger partial charge on any atom is 0.306 e. The Balaban J connectivity index is 0. The molecule has 0 aromatic rings. The summed E-state index contributed by atoms with van der Waals surface area (Å²) >= 11 is 0. The van der Waals surface area contributed by atoms with E-state index in [9.17, 15) is 4.79 Å². The van der Waals surface area contributed by atoms with Crippen molar-refractivity contribution < 1.29 is 9.90 Å². The Bertz CT molecular complexity index is 104. The van der Waals surface area contributed by atoms with Gasteiger partial charge in [-0.05, 0) is 12.8 Å². The Labute approximate surface area is 118 Å². The third kappa shape index (κ3) is 7.63. The van der Waals surface area contributed by atoms with Gasteiger partial charge in [0.1, 0.15) is 0 Å². The van der Waals surface area contributed by atoms with E-state index in [-0.39, 0.29) is 64.1 Å². The van der Waals surface area contributed by atoms with Crippen LogP contribution in [-0.2, 0) is 4.79 Å². The summed E-state index contributed by atoms with van der Waals surface area (Å²) in [6.45, 7) is 4.00. The Morgan fingerprint density at radius 1 is 1.45 bits per heavy atom. The minimum atomic E-state index is -0.643. The Morgan fingerprint density at radius 2 is 2.00 bits per heavy atom. The molecule has 1 atom stereocenters. The molecule has 2 nitrogen and oxygen atoms in total. The number of rotatable bonds is 5. The van der Waals surface area contributed by atoms with E-state index in [0.29, 0.717) is 0 Å². The van der Waals surface area contributed by atoms with Gasteiger partial charge in [0, 0.05) is 58.2 Å². The van der Waals surface area contributed by atoms with E-state index in [0.717, 1.165) is 25.7 Å². The van der Waals surface area contributed by atoms with E-state index >= 15 is 0 Å². The summed E-state index contributed by atoms with van der Waals surface area (Å²) in [6, 6.07) is 0. The van der Waals surface area contributed by atoms with Crippen molar-refractivity contribution in [1.29, 1.82) is 0 Å². The number of carbonyl (C=O) groups is 1. The largest absolute Gasteiger partial charge is 0.481 e. The topological polar surface area (TPSA) is 37.3 Å². The van der Waals surface area contributed by atoms with E-state index in [4.69, 9.17) is 5.11 Å². The van der Waals surface area contributed by atoms with E-state index in [1.807, 2.05) is 6.92 Å². The fourth-order valence-electron chi connectivity index (χ4n) is 0.953. The number of unbranched alkanes of at least 4 members (excludes halogenated alkanes) is 1. The van der Waals surface area contributed by atoms with Gasteiger partial charge in [-0.2, -0.15) is 0 Å². The fourth-order valence-corrected chi connectivity index (χ4v) is 0.953. The molecule has 0 aliphatic heterocycles. The molecule has 0 amide bonds. The Kier molecular flexibility index (Phi) is 12.6. The van der Waals surface area contributed by atoms with Crippen LogP contribution in [0.1, 0.15) is 39.5 Å². The molecule has 0 saturated carbocycles. The van der Waals surface area contributed by atoms with Gasteiger partial charge >= 0.3 is 5.97 Å². The van der Waals surface area contributed by atoms with E-state index < -0.39 is 5.97 Å². The predicted molar refractivity (Wildman–Crippen MR) is 46.7 cm³/mol. The fraction of sp³-hybridized carbons (Fsp3) is 0.875. The second-order valence-electron chi connectivity index (χ2n) is 2.59. The molecule has 0 aliphatic carbocycles. The second-order valence-corrected chi connectivity index (χ2v) is 2.59. The molecule has 0 saturated heterocycles. The van der Waals surface area contributed by atoms with Gasteiger partial charge < -0.3 is 5.11 Å². The Morgan fingerprint density at radius 3 is 2.27 bits per heavy atom. The summed E-state index contributed by atoms with van der Waals surface area (Å²) in [4.78, 5) is 10.4. The molecule has 0 heterocycles. The number of hydrogen-bond donors (Lipinski definition) is 1. The van der Waals surface area contributed by atoms with Crippen molar-refractivity contribution in [3.8, 4) is 0 Å². The maximum absolute atomic E-state index is 10.4. The average molecular weight is 230 g/mol. The van der Waals surface area contributed by atoms with Gasteiger partial charge in [-0.3, -0.25) is 4.79 Å². The summed E-state index contributed by atoms with van der Waals surface area (Å²) in [5.41, 5.74) is 0. The van der Waals surface area contributed by atoms with Crippen LogP contribution in [0.3, 0.4) is 0 Å². The van der Waals surface area contributed by atoms with Gasteiger partial charge in [-0.15, -0.1) is 0 Å². The summed E-state index contributed by atoms with van der Waals surface area (Å²) in [5, 5.41) is 8.60. The molecule has 1 radical (unpaired) electrons. The molecule has 0 aromatic heterocycles. The number of aliphatic carboxylic acids is 1. The first-order valence-electron chi connectivity index (χ1n) is 3.95. The molecule has 0 rings (SSSR count). The maximum atomic E-state index is 10.4. The number of carboxylic acid groups (broad SMARTS) is 1. The second kappa shape index (κ2) is 9.36. The van der Waals surface area contributed by atoms with Crippen LogP contribution in [0.5, 0.6) is 0 Å². The van der Waals surface area contributed by atoms with E-state index in [1.54, 1.807) is 0 Å². The van der Waals surface area contributed by atoms with Crippen LogP contribution in [0.2, 0.25) is 0 Å². The molecular weight excluding hydrogens is 214 g/mol. The van der Waals surface area contributed by atoms with Crippen molar-refractivity contribution in [3.05, 3.63) is 0 Å². The van der Waals surface area contributed by atoms with Gasteiger partial charge in [-0.1, -0.05) is 26.7 Å². The molecule has 0 aromatic carbocycles. The molecule has 1 N–H and O–H groups in total. The van der Waals surface area contributed by atoms with Gasteiger partial charge in [0.05, 0.1) is 5.92 Å². The van der Waals surface area contributed by atoms with Crippen LogP contribution in [0.25, 0.3) is 0 Å². The van der Waals surface area contributed by atoms with Gasteiger partial charge in [0.25, 0.3) is 0 Å². The smallest absolute Gasteiger partial charge is 0.306 e. The van der Waals surface area contributed by atoms with Crippen LogP contribution in [0.15, 0.2) is 0 Å². The normalized spacial score (nSPS) is 11.8. The molecule has 61 valence electrons. The molecule has 11 heavy (non-hydrogen) atoms. The van der Waals surface area contributed by atoms with Crippen molar-refractivity contribution in [1.82, 2.24) is 0 Å². The van der Waals surface area contributed by atoms with Crippen molar-refractivity contribution in [3.63, 3.8) is 0 Å². The van der Waals surface area contributed by atoms with E-state index in [1.165, 1.54) is 0 Å². The van der Waals surface area contributed by atoms with Crippen LogP contribution in [0.4, 0.5) is 0 Å². The number of carboxylic acids is 1. The first-order chi connectivity index (χ1) is 4.72. The van der Waals surface area contributed by atoms with Crippen LogP contribution in [-0.4, -0.2) is 69.3 Å². The third-order valence-electron chi connectivity index (χ3n) is 1.75. The zero-order valence-corrected chi connectivity index (χ0v) is 12.7. The van der Waals surface area contributed by atoms with Gasteiger partial charge in [0.2, 0.25) is 0 Å². The van der Waals surface area contributed by atoms with E-state index in [2.05, 4.69) is 6.92 Å². The summed E-state index contributed by atoms with van der Waals surface area (Å²) in [6.07, 6.45) is 3.71. The predicted octanol–water partition coefficient (Wildman–Crippen LogP) is 1.91. The summed E-state index contributed by atoms with van der Waals surface area (Å²) < 4.78 is 0. The average Bonchev–Trinajstić information content (AvgIpc) is 1.89. The first kappa shape index (κ1) is 14.8. The van der Waals surface area contributed by atoms with Crippen LogP contribution >= 0.6 is 0 Å². The van der Waals surface area contributed by atoms with Gasteiger partial charge in [-0.25, -0.2) is 0 Å². The summed E-state index contributed by atoms with van der Waals surface area (Å²) in [5.74, 6) is -0.754. The number of hydrogen-bond acceptors (Lipinski definition) is 1. The minimum absolute atomic E-state index is 0. The van der Waals surface area contributed by atoms with Crippen LogP contribution in [0, 0.1) is 5.92 Å². The van der Waals surface area contributed by atoms with Crippen LogP contribution < -0.4 is 0 Å². The summed E-state index contributed by atoms with van der Waals surface area (Å²) in [7, 11) is 0. The Hall–Kier alpha value is 1.28. The molecule has 0 fully saturated rings. The monoisotopic (exact) mass is 229 g/mol. The zero-order chi connectivity index (χ0) is 7.98. The molecular formula is C8H16O2Rb. The SMILES string of the molecule is CCCCC(CC)C(=O)O.[Rb]. The molecule has 1 unspecified atom stereocenters. The van der Waals surface area contributed by atoms with Crippen molar-refractivity contribution in [2.45, 2.75) is 39.5 Å². The molecule has 3 heteroatoms. The molecule has 0 bridgehead atoms. The van der Waals surface area contributed by atoms with Crippen molar-refractivity contribution >= 4 is 64.2 Å². The minimum Gasteiger partial charge on any atom is -0.481 e. The standard InChI is InChI=1S/C8H16O2.Rb/c1-3-5-6-7(4-2)8(9)10;/h7H,3-6H2,1-2H3,(H,9,10);.